The molecule has 29 heavy (non-hydrogen) atoms. The van der Waals surface area contributed by atoms with Crippen molar-refractivity contribution in [3.63, 3.8) is 0 Å². The predicted molar refractivity (Wildman–Crippen MR) is 112 cm³/mol. The van der Waals surface area contributed by atoms with E-state index >= 15 is 0 Å². The van der Waals surface area contributed by atoms with Crippen molar-refractivity contribution < 1.29 is 18.0 Å². The number of thiazole rings is 1. The summed E-state index contributed by atoms with van der Waals surface area (Å²) in [4.78, 5) is 13.3. The van der Waals surface area contributed by atoms with E-state index in [9.17, 15) is 13.2 Å². The zero-order chi connectivity index (χ0) is 21.4. The van der Waals surface area contributed by atoms with Crippen LogP contribution in [0.25, 0.3) is 0 Å². The van der Waals surface area contributed by atoms with Crippen LogP contribution in [-0.2, 0) is 17.4 Å². The second-order valence-electron chi connectivity index (χ2n) is 6.80. The Labute approximate surface area is 174 Å². The third-order valence-corrected chi connectivity index (χ3v) is 5.51. The number of alkyl halides is 3. The topological polar surface area (TPSA) is 37.7 Å². The number of halogens is 3. The quantitative estimate of drug-likeness (QED) is 0.365. The maximum absolute atomic E-state index is 13.2. The van der Waals surface area contributed by atoms with Gasteiger partial charge in [-0.05, 0) is 38.6 Å². The van der Waals surface area contributed by atoms with Crippen LogP contribution in [0.5, 0.6) is 0 Å². The Morgan fingerprint density at radius 2 is 1.97 bits per heavy atom. The van der Waals surface area contributed by atoms with E-state index in [-0.39, 0.29) is 6.10 Å². The van der Waals surface area contributed by atoms with Crippen molar-refractivity contribution in [1.29, 1.82) is 0 Å². The largest absolute Gasteiger partial charge is 0.416 e. The Kier molecular flexibility index (Phi) is 8.64. The van der Waals surface area contributed by atoms with Gasteiger partial charge in [-0.25, -0.2) is 4.98 Å². The number of aryl methyl sites for hydroxylation is 1. The number of rotatable bonds is 10. The van der Waals surface area contributed by atoms with Crippen LogP contribution in [0.2, 0.25) is 0 Å². The summed E-state index contributed by atoms with van der Waals surface area (Å²) in [6.07, 6.45) is -1.03. The van der Waals surface area contributed by atoms with Crippen molar-refractivity contribution >= 4 is 17.0 Å². The highest BCUT2D eigenvalue weighted by molar-refractivity contribution is 7.13. The molecule has 1 atom stereocenters. The molecular weight excluding hydrogens is 399 g/mol. The van der Waals surface area contributed by atoms with Gasteiger partial charge in [-0.2, -0.15) is 13.2 Å². The lowest BCUT2D eigenvalue weighted by Gasteiger charge is -2.21. The van der Waals surface area contributed by atoms with Crippen LogP contribution in [0.4, 0.5) is 13.2 Å². The number of benzene rings is 1. The van der Waals surface area contributed by atoms with Crippen LogP contribution in [0, 0.1) is 0 Å². The third-order valence-electron chi connectivity index (χ3n) is 4.45. The first kappa shape index (κ1) is 23.3. The fourth-order valence-electron chi connectivity index (χ4n) is 2.86. The molecular formula is C21H28F3N3OS. The molecule has 0 bridgehead atoms. The van der Waals surface area contributed by atoms with E-state index in [4.69, 9.17) is 4.84 Å². The first-order valence-electron chi connectivity index (χ1n) is 9.87. The van der Waals surface area contributed by atoms with E-state index in [2.05, 4.69) is 35.8 Å². The van der Waals surface area contributed by atoms with Gasteiger partial charge in [0.2, 0.25) is 0 Å². The van der Waals surface area contributed by atoms with E-state index in [1.165, 1.54) is 17.4 Å². The summed E-state index contributed by atoms with van der Waals surface area (Å²) in [6, 6.07) is 5.13. The number of oxime groups is 1. The number of nitrogens with zero attached hydrogens (tertiary/aromatic N) is 3. The molecule has 0 N–H and O–H groups in total. The van der Waals surface area contributed by atoms with Gasteiger partial charge in [0.25, 0.3) is 0 Å². The Hall–Kier alpha value is -1.93. The SMILES string of the molecule is CCCc1cnc(/C(=N\OC(C)CN(CC)CC)c2cccc(C(F)(F)F)c2)s1. The zero-order valence-electron chi connectivity index (χ0n) is 17.3. The lowest BCUT2D eigenvalue weighted by atomic mass is 10.1. The fourth-order valence-corrected chi connectivity index (χ4v) is 3.88. The van der Waals surface area contributed by atoms with Gasteiger partial charge in [0.1, 0.15) is 16.8 Å². The van der Waals surface area contributed by atoms with Crippen LogP contribution < -0.4 is 0 Å². The maximum atomic E-state index is 13.2. The van der Waals surface area contributed by atoms with Crippen LogP contribution in [0.3, 0.4) is 0 Å². The van der Waals surface area contributed by atoms with Crippen LogP contribution >= 0.6 is 11.3 Å². The second kappa shape index (κ2) is 10.7. The summed E-state index contributed by atoms with van der Waals surface area (Å²) in [6.45, 7) is 10.6. The minimum Gasteiger partial charge on any atom is -0.391 e. The molecule has 0 radical (unpaired) electrons. The molecule has 8 heteroatoms. The normalized spacial score (nSPS) is 13.7. The van der Waals surface area contributed by atoms with E-state index in [1.54, 1.807) is 12.3 Å². The lowest BCUT2D eigenvalue weighted by molar-refractivity contribution is -0.137. The molecule has 0 aliphatic carbocycles. The maximum Gasteiger partial charge on any atom is 0.416 e. The van der Waals surface area contributed by atoms with Crippen LogP contribution in [0.1, 0.15) is 55.1 Å². The van der Waals surface area contributed by atoms with Gasteiger partial charge in [-0.3, -0.25) is 0 Å². The van der Waals surface area contributed by atoms with Crippen molar-refractivity contribution in [2.75, 3.05) is 19.6 Å². The Morgan fingerprint density at radius 3 is 2.59 bits per heavy atom. The molecule has 0 fully saturated rings. The Bertz CT molecular complexity index is 800. The average Bonchev–Trinajstić information content (AvgIpc) is 3.14. The van der Waals surface area contributed by atoms with Gasteiger partial charge >= 0.3 is 6.18 Å². The van der Waals surface area contributed by atoms with Gasteiger partial charge in [0.05, 0.1) is 5.56 Å². The van der Waals surface area contributed by atoms with Crippen molar-refractivity contribution in [2.45, 2.75) is 52.8 Å². The van der Waals surface area contributed by atoms with E-state index in [1.807, 2.05) is 6.92 Å². The predicted octanol–water partition coefficient (Wildman–Crippen LogP) is 5.61. The summed E-state index contributed by atoms with van der Waals surface area (Å²) >= 11 is 1.43. The highest BCUT2D eigenvalue weighted by atomic mass is 32.1. The molecule has 1 heterocycles. The van der Waals surface area contributed by atoms with Crippen LogP contribution in [-0.4, -0.2) is 41.3 Å². The second-order valence-corrected chi connectivity index (χ2v) is 7.92. The van der Waals surface area contributed by atoms with Crippen LogP contribution in [0.15, 0.2) is 35.6 Å². The summed E-state index contributed by atoms with van der Waals surface area (Å²) in [5, 5.41) is 4.81. The van der Waals surface area contributed by atoms with Gasteiger partial charge in [0.15, 0.2) is 0 Å². The molecule has 0 spiro atoms. The molecule has 4 nitrogen and oxygen atoms in total. The standard InChI is InChI=1S/C21H28F3N3OS/c1-5-9-18-13-25-20(29-18)19(26-28-15(4)14-27(6-2)7-3)16-10-8-11-17(12-16)21(22,23)24/h8,10-13,15H,5-7,9,14H2,1-4H3/b26-19-. The molecule has 2 rings (SSSR count). The first-order valence-corrected chi connectivity index (χ1v) is 10.7. The van der Waals surface area contributed by atoms with Gasteiger partial charge in [-0.15, -0.1) is 11.3 Å². The van der Waals surface area contributed by atoms with Crippen molar-refractivity contribution in [3.8, 4) is 0 Å². The molecule has 0 amide bonds. The van der Waals surface area contributed by atoms with E-state index in [0.29, 0.717) is 22.8 Å². The fraction of sp³-hybridized carbons (Fsp3) is 0.524. The van der Waals surface area contributed by atoms with Crippen molar-refractivity contribution in [1.82, 2.24) is 9.88 Å². The minimum atomic E-state index is -4.42. The molecule has 0 aliphatic heterocycles. The molecule has 1 unspecified atom stereocenters. The van der Waals surface area contributed by atoms with Gasteiger partial charge < -0.3 is 9.74 Å². The number of aromatic nitrogens is 1. The summed E-state index contributed by atoms with van der Waals surface area (Å²) < 4.78 is 39.6. The van der Waals surface area contributed by atoms with E-state index < -0.39 is 11.7 Å². The average molecular weight is 428 g/mol. The lowest BCUT2D eigenvalue weighted by Crippen LogP contribution is -2.31. The van der Waals surface area contributed by atoms with Gasteiger partial charge in [0, 0.05) is 23.2 Å². The monoisotopic (exact) mass is 427 g/mol. The van der Waals surface area contributed by atoms with Gasteiger partial charge in [-0.1, -0.05) is 44.5 Å². The molecule has 1 aromatic carbocycles. The third kappa shape index (κ3) is 6.82. The molecule has 0 saturated heterocycles. The molecule has 160 valence electrons. The Balaban J connectivity index is 2.35. The summed E-state index contributed by atoms with van der Waals surface area (Å²) in [7, 11) is 0. The summed E-state index contributed by atoms with van der Waals surface area (Å²) in [5.41, 5.74) is -0.0497. The number of hydrogen-bond donors (Lipinski definition) is 0. The van der Waals surface area contributed by atoms with E-state index in [0.717, 1.165) is 42.9 Å². The number of hydrogen-bond acceptors (Lipinski definition) is 5. The smallest absolute Gasteiger partial charge is 0.391 e. The van der Waals surface area contributed by atoms with Crippen molar-refractivity contribution in [2.24, 2.45) is 5.16 Å². The highest BCUT2D eigenvalue weighted by Gasteiger charge is 2.31. The molecule has 0 aliphatic rings. The molecule has 0 saturated carbocycles. The zero-order valence-corrected chi connectivity index (χ0v) is 18.1. The molecule has 1 aromatic heterocycles. The minimum absolute atomic E-state index is 0.203. The molecule has 2 aromatic rings. The van der Waals surface area contributed by atoms with Crippen molar-refractivity contribution in [3.05, 3.63) is 51.5 Å². The summed E-state index contributed by atoms with van der Waals surface area (Å²) in [5.74, 6) is 0. The Morgan fingerprint density at radius 1 is 1.24 bits per heavy atom. The first-order chi connectivity index (χ1) is 13.8. The number of likely N-dealkylation sites (N-methyl/N-ethyl adjacent to an activating group) is 1. The highest BCUT2D eigenvalue weighted by Crippen LogP contribution is 2.30.